The van der Waals surface area contributed by atoms with E-state index in [1.807, 2.05) is 12.1 Å². The predicted octanol–water partition coefficient (Wildman–Crippen LogP) is 3.60. The molecule has 0 radical (unpaired) electrons. The topological polar surface area (TPSA) is 49.4 Å². The monoisotopic (exact) mass is 324 g/mol. The molecular formula is C20H24N2O2. The van der Waals surface area contributed by atoms with Gasteiger partial charge in [-0.1, -0.05) is 30.3 Å². The third kappa shape index (κ3) is 3.24. The summed E-state index contributed by atoms with van der Waals surface area (Å²) < 4.78 is 13.3. The van der Waals surface area contributed by atoms with E-state index in [-0.39, 0.29) is 0 Å². The molecule has 0 aliphatic carbocycles. The van der Waals surface area contributed by atoms with Crippen LogP contribution >= 0.6 is 0 Å². The Kier molecular flexibility index (Phi) is 5.06. The van der Waals surface area contributed by atoms with Gasteiger partial charge in [-0.3, -0.25) is 0 Å². The molecule has 0 amide bonds. The number of aryl methyl sites for hydroxylation is 1. The van der Waals surface area contributed by atoms with Crippen molar-refractivity contribution in [1.82, 2.24) is 4.57 Å². The lowest BCUT2D eigenvalue weighted by molar-refractivity contribution is 0.397. The van der Waals surface area contributed by atoms with E-state index in [9.17, 15) is 0 Å². The number of benzene rings is 2. The number of fused-ring (bicyclic) bond motifs is 1. The van der Waals surface area contributed by atoms with Gasteiger partial charge in [0.05, 0.1) is 19.7 Å². The molecule has 0 unspecified atom stereocenters. The lowest BCUT2D eigenvalue weighted by Crippen LogP contribution is -2.00. The molecular weight excluding hydrogens is 300 g/mol. The van der Waals surface area contributed by atoms with Crippen molar-refractivity contribution in [3.8, 4) is 11.5 Å². The van der Waals surface area contributed by atoms with E-state index >= 15 is 0 Å². The van der Waals surface area contributed by atoms with Gasteiger partial charge >= 0.3 is 0 Å². The first-order valence-corrected chi connectivity index (χ1v) is 8.24. The second kappa shape index (κ2) is 7.41. The molecule has 1 heterocycles. The molecule has 126 valence electrons. The third-order valence-corrected chi connectivity index (χ3v) is 4.30. The van der Waals surface area contributed by atoms with Gasteiger partial charge in [0.1, 0.15) is 11.5 Å². The molecule has 0 spiro atoms. The molecule has 0 saturated heterocycles. The summed E-state index contributed by atoms with van der Waals surface area (Å²) in [5, 5.41) is 1.16. The van der Waals surface area contributed by atoms with Gasteiger partial charge < -0.3 is 19.8 Å². The van der Waals surface area contributed by atoms with Crippen LogP contribution in [0.15, 0.2) is 48.7 Å². The fourth-order valence-corrected chi connectivity index (χ4v) is 3.12. The predicted molar refractivity (Wildman–Crippen MR) is 98.0 cm³/mol. The lowest BCUT2D eigenvalue weighted by Gasteiger charge is -2.10. The highest BCUT2D eigenvalue weighted by molar-refractivity contribution is 5.91. The van der Waals surface area contributed by atoms with E-state index in [1.165, 1.54) is 11.1 Å². The normalized spacial score (nSPS) is 11.0. The minimum Gasteiger partial charge on any atom is -0.497 e. The van der Waals surface area contributed by atoms with E-state index in [2.05, 4.69) is 41.1 Å². The summed E-state index contributed by atoms with van der Waals surface area (Å²) in [7, 11) is 3.38. The maximum Gasteiger partial charge on any atom is 0.132 e. The average molecular weight is 324 g/mol. The summed E-state index contributed by atoms with van der Waals surface area (Å²) >= 11 is 0. The van der Waals surface area contributed by atoms with Crippen molar-refractivity contribution >= 4 is 10.9 Å². The van der Waals surface area contributed by atoms with Crippen LogP contribution in [0.1, 0.15) is 17.5 Å². The van der Waals surface area contributed by atoms with Crippen LogP contribution in [0, 0.1) is 0 Å². The quantitative estimate of drug-likeness (QED) is 0.722. The van der Waals surface area contributed by atoms with Crippen molar-refractivity contribution in [1.29, 1.82) is 0 Å². The minimum absolute atomic E-state index is 0.684. The van der Waals surface area contributed by atoms with Crippen LogP contribution in [0.3, 0.4) is 0 Å². The number of aromatic nitrogens is 1. The first kappa shape index (κ1) is 16.4. The SMILES string of the molecule is COc1cc(OC)c2c(CCCN)cn(Cc3ccccc3)c2c1. The largest absolute Gasteiger partial charge is 0.497 e. The van der Waals surface area contributed by atoms with Gasteiger partial charge in [-0.15, -0.1) is 0 Å². The second-order valence-electron chi connectivity index (χ2n) is 5.88. The fourth-order valence-electron chi connectivity index (χ4n) is 3.12. The lowest BCUT2D eigenvalue weighted by atomic mass is 10.1. The molecule has 4 nitrogen and oxygen atoms in total. The van der Waals surface area contributed by atoms with Gasteiger partial charge in [-0.2, -0.15) is 0 Å². The first-order chi connectivity index (χ1) is 11.8. The van der Waals surface area contributed by atoms with Gasteiger partial charge in [0.25, 0.3) is 0 Å². The summed E-state index contributed by atoms with van der Waals surface area (Å²) in [4.78, 5) is 0. The second-order valence-corrected chi connectivity index (χ2v) is 5.88. The molecule has 0 fully saturated rings. The molecule has 0 aliphatic rings. The molecule has 0 aliphatic heterocycles. The van der Waals surface area contributed by atoms with Gasteiger partial charge in [0.15, 0.2) is 0 Å². The Labute approximate surface area is 142 Å². The van der Waals surface area contributed by atoms with Gasteiger partial charge in [-0.25, -0.2) is 0 Å². The highest BCUT2D eigenvalue weighted by Gasteiger charge is 2.15. The maximum absolute atomic E-state index is 5.71. The van der Waals surface area contributed by atoms with E-state index < -0.39 is 0 Å². The Balaban J connectivity index is 2.13. The minimum atomic E-state index is 0.684. The van der Waals surface area contributed by atoms with Crippen molar-refractivity contribution < 1.29 is 9.47 Å². The highest BCUT2D eigenvalue weighted by Crippen LogP contribution is 2.35. The molecule has 2 N–H and O–H groups in total. The summed E-state index contributed by atoms with van der Waals surface area (Å²) in [6, 6.07) is 14.5. The Morgan fingerprint density at radius 3 is 2.50 bits per heavy atom. The zero-order chi connectivity index (χ0) is 16.9. The summed E-state index contributed by atoms with van der Waals surface area (Å²) in [5.41, 5.74) is 9.37. The van der Waals surface area contributed by atoms with E-state index in [1.54, 1.807) is 14.2 Å². The van der Waals surface area contributed by atoms with Crippen molar-refractivity contribution in [2.45, 2.75) is 19.4 Å². The van der Waals surface area contributed by atoms with Crippen LogP contribution in [0.5, 0.6) is 11.5 Å². The molecule has 4 heteroatoms. The molecule has 0 saturated carbocycles. The number of methoxy groups -OCH3 is 2. The van der Waals surface area contributed by atoms with Crippen molar-refractivity contribution in [3.05, 3.63) is 59.8 Å². The van der Waals surface area contributed by atoms with Crippen LogP contribution < -0.4 is 15.2 Å². The number of nitrogens with two attached hydrogens (primary N) is 1. The van der Waals surface area contributed by atoms with E-state index in [4.69, 9.17) is 15.2 Å². The fraction of sp³-hybridized carbons (Fsp3) is 0.300. The number of ether oxygens (including phenoxy) is 2. The average Bonchev–Trinajstić information content (AvgIpc) is 2.97. The Bertz CT molecular complexity index is 809. The number of hydrogen-bond donors (Lipinski definition) is 1. The molecule has 24 heavy (non-hydrogen) atoms. The number of nitrogens with zero attached hydrogens (tertiary/aromatic N) is 1. The van der Waals surface area contributed by atoms with Crippen LogP contribution in [0.4, 0.5) is 0 Å². The molecule has 0 bridgehead atoms. The summed E-state index contributed by atoms with van der Waals surface area (Å²) in [6.45, 7) is 1.50. The first-order valence-electron chi connectivity index (χ1n) is 8.24. The summed E-state index contributed by atoms with van der Waals surface area (Å²) in [5.74, 6) is 1.65. The van der Waals surface area contributed by atoms with E-state index in [0.29, 0.717) is 6.54 Å². The summed E-state index contributed by atoms with van der Waals surface area (Å²) in [6.07, 6.45) is 4.12. The Hall–Kier alpha value is -2.46. The van der Waals surface area contributed by atoms with Gasteiger partial charge in [0, 0.05) is 30.3 Å². The van der Waals surface area contributed by atoms with Crippen LogP contribution in [-0.4, -0.2) is 25.3 Å². The zero-order valence-electron chi connectivity index (χ0n) is 14.3. The standard InChI is InChI=1S/C20H24N2O2/c1-23-17-11-18-20(19(12-17)24-2)16(9-6-10-21)14-22(18)13-15-7-4-3-5-8-15/h3-5,7-8,11-12,14H,6,9-10,13,21H2,1-2H3. The maximum atomic E-state index is 5.71. The van der Waals surface area contributed by atoms with Crippen LogP contribution in [-0.2, 0) is 13.0 Å². The van der Waals surface area contributed by atoms with Crippen molar-refractivity contribution in [2.24, 2.45) is 5.73 Å². The molecule has 1 aromatic heterocycles. The molecule has 3 rings (SSSR count). The highest BCUT2D eigenvalue weighted by atomic mass is 16.5. The molecule has 3 aromatic rings. The van der Waals surface area contributed by atoms with Gasteiger partial charge in [0.2, 0.25) is 0 Å². The Morgan fingerprint density at radius 1 is 1.04 bits per heavy atom. The van der Waals surface area contributed by atoms with Crippen LogP contribution in [0.2, 0.25) is 0 Å². The third-order valence-electron chi connectivity index (χ3n) is 4.30. The van der Waals surface area contributed by atoms with Crippen molar-refractivity contribution in [2.75, 3.05) is 20.8 Å². The van der Waals surface area contributed by atoms with Crippen molar-refractivity contribution in [3.63, 3.8) is 0 Å². The van der Waals surface area contributed by atoms with E-state index in [0.717, 1.165) is 41.8 Å². The van der Waals surface area contributed by atoms with Crippen LogP contribution in [0.25, 0.3) is 10.9 Å². The smallest absolute Gasteiger partial charge is 0.132 e. The number of hydrogen-bond acceptors (Lipinski definition) is 3. The number of rotatable bonds is 7. The molecule has 2 aromatic carbocycles. The van der Waals surface area contributed by atoms with Gasteiger partial charge in [-0.05, 0) is 30.5 Å². The molecule has 0 atom stereocenters. The Morgan fingerprint density at radius 2 is 1.83 bits per heavy atom. The zero-order valence-corrected chi connectivity index (χ0v) is 14.3.